The third kappa shape index (κ3) is 1.59. The Kier molecular flexibility index (Phi) is 2.67. The van der Waals surface area contributed by atoms with E-state index in [0.717, 1.165) is 23.6 Å². The topological polar surface area (TPSA) is 34.1 Å². The molecule has 3 fully saturated rings. The molecule has 2 aliphatic carbocycles. The van der Waals surface area contributed by atoms with Gasteiger partial charge in [0.1, 0.15) is 0 Å². The second-order valence-corrected chi connectivity index (χ2v) is 8.84. The molecule has 1 heterocycles. The smallest absolute Gasteiger partial charge is 0.150 e. The molecule has 0 aromatic rings. The van der Waals surface area contributed by atoms with Crippen LogP contribution in [0, 0.1) is 23.2 Å². The first-order valence-corrected chi connectivity index (χ1v) is 9.26. The Labute approximate surface area is 106 Å². The van der Waals surface area contributed by atoms with Crippen molar-refractivity contribution in [1.82, 2.24) is 0 Å². The van der Waals surface area contributed by atoms with Crippen molar-refractivity contribution in [3.8, 4) is 0 Å². The molecule has 3 aliphatic rings. The Balaban J connectivity index is 1.87. The Morgan fingerprint density at radius 2 is 2.00 bits per heavy atom. The first-order valence-electron chi connectivity index (χ1n) is 6.32. The van der Waals surface area contributed by atoms with Crippen LogP contribution in [0.5, 0.6) is 0 Å². The summed E-state index contributed by atoms with van der Waals surface area (Å²) < 4.78 is 23.3. The van der Waals surface area contributed by atoms with Gasteiger partial charge in [-0.3, -0.25) is 0 Å². The minimum absolute atomic E-state index is 0.326. The van der Waals surface area contributed by atoms with Crippen LogP contribution in [0.3, 0.4) is 0 Å². The molecule has 4 unspecified atom stereocenters. The van der Waals surface area contributed by atoms with E-state index in [1.165, 1.54) is 25.7 Å². The molecule has 4 atom stereocenters. The Morgan fingerprint density at radius 1 is 1.19 bits per heavy atom. The van der Waals surface area contributed by atoms with Gasteiger partial charge in [0.2, 0.25) is 0 Å². The molecule has 2 saturated carbocycles. The Hall–Kier alpha value is 0.430. The highest BCUT2D eigenvalue weighted by atomic mass is 79.9. The first kappa shape index (κ1) is 11.5. The van der Waals surface area contributed by atoms with Crippen molar-refractivity contribution < 1.29 is 8.42 Å². The summed E-state index contributed by atoms with van der Waals surface area (Å²) >= 11 is 3.69. The van der Waals surface area contributed by atoms with E-state index in [1.54, 1.807) is 0 Å². The van der Waals surface area contributed by atoms with E-state index in [-0.39, 0.29) is 0 Å². The van der Waals surface area contributed by atoms with Crippen LogP contribution in [0.2, 0.25) is 0 Å². The molecule has 0 aromatic carbocycles. The maximum absolute atomic E-state index is 11.6. The zero-order valence-corrected chi connectivity index (χ0v) is 11.9. The Bertz CT molecular complexity index is 392. The largest absolute Gasteiger partial charge is 0.229 e. The van der Waals surface area contributed by atoms with Gasteiger partial charge in [-0.25, -0.2) is 8.42 Å². The van der Waals surface area contributed by atoms with Crippen molar-refractivity contribution in [3.05, 3.63) is 0 Å². The quantitative estimate of drug-likeness (QED) is 0.735. The summed E-state index contributed by atoms with van der Waals surface area (Å²) in [6.07, 6.45) is 6.29. The minimum Gasteiger partial charge on any atom is -0.229 e. The van der Waals surface area contributed by atoms with Crippen molar-refractivity contribution in [3.63, 3.8) is 0 Å². The number of halogens is 1. The number of hydrogen-bond acceptors (Lipinski definition) is 2. The van der Waals surface area contributed by atoms with E-state index in [0.29, 0.717) is 22.8 Å². The lowest BCUT2D eigenvalue weighted by atomic mass is 9.66. The summed E-state index contributed by atoms with van der Waals surface area (Å²) in [5, 5.41) is 1.02. The van der Waals surface area contributed by atoms with Crippen molar-refractivity contribution >= 4 is 25.8 Å². The molecule has 3 rings (SSSR count). The Morgan fingerprint density at radius 3 is 2.44 bits per heavy atom. The molecule has 0 spiro atoms. The highest BCUT2D eigenvalue weighted by Gasteiger charge is 2.55. The van der Waals surface area contributed by atoms with Gasteiger partial charge in [-0.15, -0.1) is 0 Å². The number of hydrogen-bond donors (Lipinski definition) is 0. The van der Waals surface area contributed by atoms with E-state index in [1.807, 2.05) is 0 Å². The van der Waals surface area contributed by atoms with Crippen molar-refractivity contribution in [2.75, 3.05) is 16.8 Å². The average Bonchev–Trinajstić information content (AvgIpc) is 2.90. The molecule has 16 heavy (non-hydrogen) atoms. The summed E-state index contributed by atoms with van der Waals surface area (Å²) in [7, 11) is -2.72. The van der Waals surface area contributed by atoms with Crippen LogP contribution in [0.4, 0.5) is 0 Å². The van der Waals surface area contributed by atoms with E-state index in [4.69, 9.17) is 0 Å². The normalized spacial score (nSPS) is 49.9. The van der Waals surface area contributed by atoms with Crippen LogP contribution >= 0.6 is 15.9 Å². The molecule has 1 aliphatic heterocycles. The number of sulfone groups is 1. The molecule has 2 nitrogen and oxygen atoms in total. The highest BCUT2D eigenvalue weighted by molar-refractivity contribution is 9.09. The molecule has 0 radical (unpaired) electrons. The van der Waals surface area contributed by atoms with Gasteiger partial charge >= 0.3 is 0 Å². The molecule has 92 valence electrons. The maximum atomic E-state index is 11.6. The van der Waals surface area contributed by atoms with Gasteiger partial charge in [-0.2, -0.15) is 0 Å². The molecule has 0 amide bonds. The molecule has 4 heteroatoms. The van der Waals surface area contributed by atoms with Crippen LogP contribution < -0.4 is 0 Å². The fourth-order valence-electron chi connectivity index (χ4n) is 4.51. The predicted molar refractivity (Wildman–Crippen MR) is 68.4 cm³/mol. The van der Waals surface area contributed by atoms with Crippen molar-refractivity contribution in [1.29, 1.82) is 0 Å². The zero-order chi connectivity index (χ0) is 11.4. The van der Waals surface area contributed by atoms with Crippen LogP contribution in [-0.4, -0.2) is 25.3 Å². The van der Waals surface area contributed by atoms with Crippen LogP contribution in [0.25, 0.3) is 0 Å². The van der Waals surface area contributed by atoms with Crippen molar-refractivity contribution in [2.45, 2.75) is 32.1 Å². The monoisotopic (exact) mass is 306 g/mol. The SMILES string of the molecule is O=S1(=O)CCC(C2(CBr)CC3CCC2C3)C1. The molecular weight excluding hydrogens is 288 g/mol. The summed E-state index contributed by atoms with van der Waals surface area (Å²) in [5.74, 6) is 3.03. The van der Waals surface area contributed by atoms with Crippen LogP contribution in [-0.2, 0) is 9.84 Å². The average molecular weight is 307 g/mol. The molecule has 2 bridgehead atoms. The van der Waals surface area contributed by atoms with Gasteiger partial charge in [-0.05, 0) is 48.9 Å². The number of fused-ring (bicyclic) bond motifs is 2. The van der Waals surface area contributed by atoms with E-state index >= 15 is 0 Å². The summed E-state index contributed by atoms with van der Waals surface area (Å²) in [5.41, 5.74) is 0.326. The summed E-state index contributed by atoms with van der Waals surface area (Å²) in [6.45, 7) is 0. The molecule has 1 saturated heterocycles. The first-order chi connectivity index (χ1) is 7.56. The lowest BCUT2D eigenvalue weighted by molar-refractivity contribution is 0.119. The zero-order valence-electron chi connectivity index (χ0n) is 9.49. The highest BCUT2D eigenvalue weighted by Crippen LogP contribution is 2.61. The second kappa shape index (κ2) is 3.71. The fraction of sp³-hybridized carbons (Fsp3) is 1.00. The molecule has 0 aromatic heterocycles. The minimum atomic E-state index is -2.72. The third-order valence-electron chi connectivity index (χ3n) is 5.32. The third-order valence-corrected chi connectivity index (χ3v) is 8.13. The van der Waals surface area contributed by atoms with Gasteiger partial charge < -0.3 is 0 Å². The van der Waals surface area contributed by atoms with Crippen LogP contribution in [0.15, 0.2) is 0 Å². The maximum Gasteiger partial charge on any atom is 0.150 e. The van der Waals surface area contributed by atoms with E-state index in [2.05, 4.69) is 15.9 Å². The summed E-state index contributed by atoms with van der Waals surface area (Å²) in [4.78, 5) is 0. The van der Waals surface area contributed by atoms with Crippen LogP contribution in [0.1, 0.15) is 32.1 Å². The van der Waals surface area contributed by atoms with E-state index < -0.39 is 9.84 Å². The number of rotatable bonds is 2. The number of alkyl halides is 1. The summed E-state index contributed by atoms with van der Waals surface area (Å²) in [6, 6.07) is 0. The van der Waals surface area contributed by atoms with Gasteiger partial charge in [0.25, 0.3) is 0 Å². The van der Waals surface area contributed by atoms with Gasteiger partial charge in [0, 0.05) is 5.33 Å². The molecular formula is C12H19BrO2S. The van der Waals surface area contributed by atoms with Gasteiger partial charge in [0.15, 0.2) is 9.84 Å². The lowest BCUT2D eigenvalue weighted by Gasteiger charge is -2.41. The van der Waals surface area contributed by atoms with Crippen molar-refractivity contribution in [2.24, 2.45) is 23.2 Å². The lowest BCUT2D eigenvalue weighted by Crippen LogP contribution is -2.38. The molecule has 0 N–H and O–H groups in total. The standard InChI is InChI=1S/C12H19BrO2S/c13-8-12(6-9-1-2-10(12)5-9)11-3-4-16(14,15)7-11/h9-11H,1-8H2. The second-order valence-electron chi connectivity index (χ2n) is 6.05. The predicted octanol–water partition coefficient (Wildman–Crippen LogP) is 2.62. The fourth-order valence-corrected chi connectivity index (χ4v) is 7.57. The van der Waals surface area contributed by atoms with Gasteiger partial charge in [-0.1, -0.05) is 22.4 Å². The van der Waals surface area contributed by atoms with Gasteiger partial charge in [0.05, 0.1) is 11.5 Å². The van der Waals surface area contributed by atoms with E-state index in [9.17, 15) is 8.42 Å².